The highest BCUT2D eigenvalue weighted by molar-refractivity contribution is 7.98. The van der Waals surface area contributed by atoms with Crippen LogP contribution in [0.5, 0.6) is 0 Å². The number of aromatic nitrogens is 3. The van der Waals surface area contributed by atoms with Crippen molar-refractivity contribution < 1.29 is 38.7 Å². The van der Waals surface area contributed by atoms with Crippen molar-refractivity contribution in [3.05, 3.63) is 90.1 Å². The molecule has 7 atom stereocenters. The second kappa shape index (κ2) is 22.8. The van der Waals surface area contributed by atoms with Crippen molar-refractivity contribution in [2.75, 3.05) is 18.6 Å². The maximum absolute atomic E-state index is 13.8. The van der Waals surface area contributed by atoms with Crippen LogP contribution >= 0.6 is 11.8 Å². The average Bonchev–Trinajstić information content (AvgIpc) is 3.90. The maximum atomic E-state index is 13.8. The van der Waals surface area contributed by atoms with Crippen LogP contribution in [0.25, 0.3) is 10.9 Å². The molecule has 7 unspecified atom stereocenters. The van der Waals surface area contributed by atoms with Crippen molar-refractivity contribution in [2.24, 2.45) is 11.5 Å². The zero-order chi connectivity index (χ0) is 43.8. The SMILES string of the molecule is CSCCC(NC(=O)C(Cc1ccccc1)NC(=O)C(Cc1cnc[nH]1)NC(=O)CNC(=O)C(NC(=O)C(C)NC(=O)C(N)Cc1c[nH]c2ccccc12)C(C)O)C(N)=O. The number of rotatable bonds is 23. The minimum Gasteiger partial charge on any atom is -0.391 e. The summed E-state index contributed by atoms with van der Waals surface area (Å²) >= 11 is 1.47. The molecule has 0 saturated carbocycles. The molecule has 0 spiro atoms. The fourth-order valence-electron chi connectivity index (χ4n) is 6.17. The summed E-state index contributed by atoms with van der Waals surface area (Å²) in [5.74, 6) is -4.77. The van der Waals surface area contributed by atoms with Gasteiger partial charge in [0.05, 0.1) is 25.0 Å². The van der Waals surface area contributed by atoms with Gasteiger partial charge in [0.25, 0.3) is 0 Å². The summed E-state index contributed by atoms with van der Waals surface area (Å²) in [5.41, 5.74) is 14.6. The number of imidazole rings is 1. The fraction of sp³-hybridized carbons (Fsp3) is 0.400. The summed E-state index contributed by atoms with van der Waals surface area (Å²) < 4.78 is 0. The molecule has 20 heteroatoms. The van der Waals surface area contributed by atoms with Crippen LogP contribution in [-0.2, 0) is 52.8 Å². The fourth-order valence-corrected chi connectivity index (χ4v) is 6.64. The molecule has 2 aromatic heterocycles. The molecule has 60 heavy (non-hydrogen) atoms. The number of primary amides is 1. The average molecular weight is 848 g/mol. The second-order valence-corrected chi connectivity index (χ2v) is 15.2. The van der Waals surface area contributed by atoms with Crippen LogP contribution in [0.2, 0.25) is 0 Å². The van der Waals surface area contributed by atoms with Crippen molar-refractivity contribution in [3.8, 4) is 0 Å². The number of thioether (sulfide) groups is 1. The number of amides is 7. The summed E-state index contributed by atoms with van der Waals surface area (Å²) in [7, 11) is 0. The molecule has 4 rings (SSSR count). The number of hydrogen-bond donors (Lipinski definition) is 11. The Kier molecular flexibility index (Phi) is 17.6. The van der Waals surface area contributed by atoms with Crippen molar-refractivity contribution in [1.29, 1.82) is 0 Å². The van der Waals surface area contributed by atoms with Gasteiger partial charge in [-0.15, -0.1) is 0 Å². The summed E-state index contributed by atoms with van der Waals surface area (Å²) in [4.78, 5) is 102. The number of nitrogens with one attached hydrogen (secondary N) is 8. The first kappa shape index (κ1) is 46.4. The number of para-hydroxylation sites is 1. The van der Waals surface area contributed by atoms with E-state index in [9.17, 15) is 38.7 Å². The minimum absolute atomic E-state index is 0.0414. The quantitative estimate of drug-likeness (QED) is 0.0405. The van der Waals surface area contributed by atoms with Crippen molar-refractivity contribution in [3.63, 3.8) is 0 Å². The summed E-state index contributed by atoms with van der Waals surface area (Å²) in [6, 6.07) is 9.23. The number of nitrogens with zero attached hydrogens (tertiary/aromatic N) is 1. The Hall–Kier alpha value is -6.25. The number of fused-ring (bicyclic) bond motifs is 1. The Labute approximate surface area is 350 Å². The highest BCUT2D eigenvalue weighted by Crippen LogP contribution is 2.19. The monoisotopic (exact) mass is 847 g/mol. The molecular weight excluding hydrogens is 795 g/mol. The van der Waals surface area contributed by atoms with Crippen LogP contribution in [-0.4, -0.2) is 122 Å². The number of aromatic amines is 2. The predicted molar refractivity (Wildman–Crippen MR) is 225 cm³/mol. The van der Waals surface area contributed by atoms with E-state index < -0.39 is 90.3 Å². The Morgan fingerprint density at radius 1 is 0.767 bits per heavy atom. The zero-order valence-corrected chi connectivity index (χ0v) is 34.3. The number of carbonyl (C=O) groups excluding carboxylic acids is 7. The first-order valence-electron chi connectivity index (χ1n) is 19.2. The molecule has 4 aromatic rings. The predicted octanol–water partition coefficient (Wildman–Crippen LogP) is -1.57. The van der Waals surface area contributed by atoms with E-state index in [0.29, 0.717) is 17.0 Å². The molecule has 19 nitrogen and oxygen atoms in total. The smallest absolute Gasteiger partial charge is 0.245 e. The van der Waals surface area contributed by atoms with Crippen molar-refractivity contribution >= 4 is 64.0 Å². The van der Waals surface area contributed by atoms with Gasteiger partial charge in [-0.1, -0.05) is 48.5 Å². The van der Waals surface area contributed by atoms with Crippen molar-refractivity contribution in [1.82, 2.24) is 46.9 Å². The van der Waals surface area contributed by atoms with Crippen molar-refractivity contribution in [2.45, 2.75) is 81.9 Å². The van der Waals surface area contributed by atoms with Gasteiger partial charge in [0.1, 0.15) is 30.2 Å². The number of aliphatic hydroxyl groups is 1. The van der Waals surface area contributed by atoms with Gasteiger partial charge in [0, 0.05) is 41.8 Å². The molecule has 0 saturated heterocycles. The number of hydrogen-bond acceptors (Lipinski definition) is 11. The first-order valence-corrected chi connectivity index (χ1v) is 20.6. The zero-order valence-electron chi connectivity index (χ0n) is 33.5. The van der Waals surface area contributed by atoms with Gasteiger partial charge in [0.2, 0.25) is 41.4 Å². The standard InChI is InChI=1S/C40H53N11O8S/c1-22(47-37(56)28(41)16-25-18-44-29-12-8-7-11-27(25)29)36(55)51-34(23(2)52)40(59)45-20-33(53)48-32(17-26-19-43-21-46-26)39(58)50-31(15-24-9-5-4-6-10-24)38(57)49-30(35(42)54)13-14-60-3/h4-12,18-19,21-23,28,30-32,34,44,52H,13-17,20,41H2,1-3H3,(H2,42,54)(H,43,46)(H,45,59)(H,47,56)(H,48,53)(H,49,57)(H,50,58)(H,51,55). The molecule has 2 aromatic carbocycles. The molecule has 0 radical (unpaired) electrons. The highest BCUT2D eigenvalue weighted by Gasteiger charge is 2.32. The molecule has 0 fully saturated rings. The summed E-state index contributed by atoms with van der Waals surface area (Å²) in [6.07, 6.45) is 5.42. The number of H-pyrrole nitrogens is 2. The third kappa shape index (κ3) is 13.9. The lowest BCUT2D eigenvalue weighted by Gasteiger charge is -2.25. The molecule has 13 N–H and O–H groups in total. The van der Waals surface area contributed by atoms with E-state index in [0.717, 1.165) is 16.5 Å². The number of aliphatic hydroxyl groups excluding tert-OH is 1. The van der Waals surface area contributed by atoms with E-state index in [2.05, 4.69) is 46.9 Å². The van der Waals surface area contributed by atoms with Gasteiger partial charge < -0.3 is 58.4 Å². The topological polar surface area (TPSA) is 308 Å². The Morgan fingerprint density at radius 2 is 1.43 bits per heavy atom. The van der Waals surface area contributed by atoms with Crippen LogP contribution in [0, 0.1) is 0 Å². The lowest BCUT2D eigenvalue weighted by atomic mass is 10.0. The third-order valence-corrected chi connectivity index (χ3v) is 10.2. The van der Waals surface area contributed by atoms with E-state index in [4.69, 9.17) is 11.5 Å². The Balaban J connectivity index is 1.37. The van der Waals surface area contributed by atoms with Gasteiger partial charge in [0.15, 0.2) is 0 Å². The maximum Gasteiger partial charge on any atom is 0.245 e. The highest BCUT2D eigenvalue weighted by atomic mass is 32.2. The van der Waals surface area contributed by atoms with Crippen LogP contribution in [0.3, 0.4) is 0 Å². The lowest BCUT2D eigenvalue weighted by molar-refractivity contribution is -0.135. The second-order valence-electron chi connectivity index (χ2n) is 14.2. The normalized spacial score (nSPS) is 14.6. The number of carbonyl (C=O) groups is 7. The summed E-state index contributed by atoms with van der Waals surface area (Å²) in [5, 5.41) is 26.4. The van der Waals surface area contributed by atoms with Gasteiger partial charge in [-0.25, -0.2) is 4.98 Å². The molecular formula is C40H53N11O8S. The molecule has 322 valence electrons. The van der Waals surface area contributed by atoms with Crippen LogP contribution in [0.1, 0.15) is 37.1 Å². The van der Waals surface area contributed by atoms with Gasteiger partial charge in [-0.2, -0.15) is 11.8 Å². The molecule has 7 amide bonds. The third-order valence-electron chi connectivity index (χ3n) is 9.51. The van der Waals surface area contributed by atoms with E-state index >= 15 is 0 Å². The lowest BCUT2D eigenvalue weighted by Crippen LogP contribution is -2.59. The molecule has 0 aliphatic rings. The Morgan fingerprint density at radius 3 is 2.08 bits per heavy atom. The van der Waals surface area contributed by atoms with Gasteiger partial charge in [-0.3, -0.25) is 33.6 Å². The van der Waals surface area contributed by atoms with Crippen LogP contribution in [0.4, 0.5) is 0 Å². The van der Waals surface area contributed by atoms with Crippen LogP contribution in [0.15, 0.2) is 73.3 Å². The molecule has 2 heterocycles. The van der Waals surface area contributed by atoms with Gasteiger partial charge in [-0.05, 0) is 55.9 Å². The minimum atomic E-state index is -1.54. The summed E-state index contributed by atoms with van der Waals surface area (Å²) in [6.45, 7) is 1.96. The van der Waals surface area contributed by atoms with E-state index in [1.807, 2.05) is 30.5 Å². The molecule has 0 bridgehead atoms. The number of benzene rings is 2. The van der Waals surface area contributed by atoms with E-state index in [1.165, 1.54) is 38.1 Å². The van der Waals surface area contributed by atoms with E-state index in [1.54, 1.807) is 36.5 Å². The van der Waals surface area contributed by atoms with Crippen LogP contribution < -0.4 is 43.4 Å². The molecule has 0 aliphatic carbocycles. The Bertz CT molecular complexity index is 2080. The number of nitrogens with two attached hydrogens (primary N) is 2. The first-order chi connectivity index (χ1) is 28.7. The van der Waals surface area contributed by atoms with E-state index in [-0.39, 0.29) is 25.7 Å². The largest absolute Gasteiger partial charge is 0.391 e. The molecule has 0 aliphatic heterocycles. The van der Waals surface area contributed by atoms with Gasteiger partial charge >= 0.3 is 0 Å².